The summed E-state index contributed by atoms with van der Waals surface area (Å²) in [6.07, 6.45) is 0. The van der Waals surface area contributed by atoms with Crippen molar-refractivity contribution in [2.24, 2.45) is 0 Å². The van der Waals surface area contributed by atoms with Crippen LogP contribution in [0, 0.1) is 27.7 Å². The van der Waals surface area contributed by atoms with Crippen molar-refractivity contribution in [3.05, 3.63) is 58.4 Å². The predicted molar refractivity (Wildman–Crippen MR) is 85.8 cm³/mol. The Morgan fingerprint density at radius 3 is 2.57 bits per heavy atom. The van der Waals surface area contributed by atoms with Crippen molar-refractivity contribution in [2.75, 3.05) is 0 Å². The number of ether oxygens (including phenoxy) is 1. The van der Waals surface area contributed by atoms with E-state index in [4.69, 9.17) is 4.74 Å². The van der Waals surface area contributed by atoms with Crippen LogP contribution in [0.3, 0.4) is 0 Å². The van der Waals surface area contributed by atoms with E-state index in [1.807, 2.05) is 12.1 Å². The number of hydrogen-bond acceptors (Lipinski definition) is 2. The van der Waals surface area contributed by atoms with Gasteiger partial charge in [-0.25, -0.2) is 4.98 Å². The van der Waals surface area contributed by atoms with Crippen LogP contribution in [0.1, 0.15) is 28.1 Å². The van der Waals surface area contributed by atoms with Gasteiger partial charge in [0.15, 0.2) is 0 Å². The van der Waals surface area contributed by atoms with Crippen molar-refractivity contribution in [2.45, 2.75) is 34.3 Å². The number of aromatic nitrogens is 2. The number of imidazole rings is 1. The van der Waals surface area contributed by atoms with E-state index < -0.39 is 0 Å². The number of aryl methyl sites for hydroxylation is 3. The zero-order valence-corrected chi connectivity index (χ0v) is 12.9. The van der Waals surface area contributed by atoms with E-state index in [1.165, 1.54) is 22.3 Å². The molecule has 0 saturated carbocycles. The Morgan fingerprint density at radius 2 is 1.76 bits per heavy atom. The Morgan fingerprint density at radius 1 is 1.00 bits per heavy atom. The van der Waals surface area contributed by atoms with Gasteiger partial charge in [-0.1, -0.05) is 12.1 Å². The number of nitrogens with one attached hydrogen (secondary N) is 1. The molecule has 0 spiro atoms. The molecule has 1 N–H and O–H groups in total. The van der Waals surface area contributed by atoms with Gasteiger partial charge in [-0.15, -0.1) is 0 Å². The lowest BCUT2D eigenvalue weighted by atomic mass is 10.1. The van der Waals surface area contributed by atoms with Crippen LogP contribution < -0.4 is 4.74 Å². The number of H-pyrrole nitrogens is 1. The minimum atomic E-state index is 0.455. The molecule has 1 heterocycles. The van der Waals surface area contributed by atoms with Crippen molar-refractivity contribution in [1.82, 2.24) is 9.97 Å². The molecule has 3 aromatic rings. The van der Waals surface area contributed by atoms with Crippen LogP contribution in [-0.2, 0) is 6.61 Å². The summed E-state index contributed by atoms with van der Waals surface area (Å²) in [5.74, 6) is 1.78. The van der Waals surface area contributed by atoms with E-state index in [9.17, 15) is 0 Å². The van der Waals surface area contributed by atoms with Crippen molar-refractivity contribution in [3.8, 4) is 5.75 Å². The molecule has 0 radical (unpaired) electrons. The molecular formula is C18H20N2O. The molecule has 3 heteroatoms. The van der Waals surface area contributed by atoms with Crippen LogP contribution >= 0.6 is 0 Å². The summed E-state index contributed by atoms with van der Waals surface area (Å²) < 4.78 is 5.90. The second kappa shape index (κ2) is 5.24. The summed E-state index contributed by atoms with van der Waals surface area (Å²) >= 11 is 0. The normalized spacial score (nSPS) is 11.0. The molecule has 0 unspecified atom stereocenters. The zero-order chi connectivity index (χ0) is 15.0. The Labute approximate surface area is 125 Å². The van der Waals surface area contributed by atoms with Crippen LogP contribution in [0.15, 0.2) is 30.3 Å². The van der Waals surface area contributed by atoms with Gasteiger partial charge in [0.1, 0.15) is 18.2 Å². The molecule has 2 aromatic carbocycles. The molecule has 21 heavy (non-hydrogen) atoms. The average molecular weight is 280 g/mol. The van der Waals surface area contributed by atoms with Gasteiger partial charge in [0.2, 0.25) is 0 Å². The maximum Gasteiger partial charge on any atom is 0.146 e. The number of nitrogens with zero attached hydrogens (tertiary/aromatic N) is 1. The van der Waals surface area contributed by atoms with Gasteiger partial charge in [0.05, 0.1) is 11.0 Å². The van der Waals surface area contributed by atoms with Crippen molar-refractivity contribution >= 4 is 11.0 Å². The van der Waals surface area contributed by atoms with Gasteiger partial charge in [-0.2, -0.15) is 0 Å². The fraction of sp³-hybridized carbons (Fsp3) is 0.278. The first kappa shape index (κ1) is 13.7. The second-order valence-electron chi connectivity index (χ2n) is 5.62. The molecule has 0 bridgehead atoms. The minimum absolute atomic E-state index is 0.455. The van der Waals surface area contributed by atoms with Gasteiger partial charge in [0, 0.05) is 0 Å². The lowest BCUT2D eigenvalue weighted by molar-refractivity contribution is 0.295. The second-order valence-corrected chi connectivity index (χ2v) is 5.62. The summed E-state index contributed by atoms with van der Waals surface area (Å²) in [6.45, 7) is 8.85. The number of fused-ring (bicyclic) bond motifs is 1. The monoisotopic (exact) mass is 280 g/mol. The van der Waals surface area contributed by atoms with Crippen molar-refractivity contribution < 1.29 is 4.74 Å². The standard InChI is InChI=1S/C18H20N2O/c1-11-6-5-7-17(14(11)4)21-10-18-19-15-8-12(2)13(3)9-16(15)20-18/h5-9H,10H2,1-4H3,(H,19,20). The third-order valence-corrected chi connectivity index (χ3v) is 4.07. The lowest BCUT2D eigenvalue weighted by Crippen LogP contribution is -1.99. The van der Waals surface area contributed by atoms with Gasteiger partial charge in [-0.3, -0.25) is 0 Å². The van der Waals surface area contributed by atoms with Crippen LogP contribution in [0.4, 0.5) is 0 Å². The van der Waals surface area contributed by atoms with E-state index in [1.54, 1.807) is 0 Å². The highest BCUT2D eigenvalue weighted by Gasteiger charge is 2.07. The van der Waals surface area contributed by atoms with Gasteiger partial charge in [0.25, 0.3) is 0 Å². The Hall–Kier alpha value is -2.29. The third kappa shape index (κ3) is 2.64. The van der Waals surface area contributed by atoms with Crippen LogP contribution in [-0.4, -0.2) is 9.97 Å². The van der Waals surface area contributed by atoms with Crippen molar-refractivity contribution in [1.29, 1.82) is 0 Å². The fourth-order valence-corrected chi connectivity index (χ4v) is 2.42. The summed E-state index contributed by atoms with van der Waals surface area (Å²) in [5.41, 5.74) is 7.02. The maximum absolute atomic E-state index is 5.90. The van der Waals surface area contributed by atoms with E-state index in [-0.39, 0.29) is 0 Å². The molecular weight excluding hydrogens is 260 g/mol. The maximum atomic E-state index is 5.90. The summed E-state index contributed by atoms with van der Waals surface area (Å²) in [7, 11) is 0. The van der Waals surface area contributed by atoms with Crippen LogP contribution in [0.25, 0.3) is 11.0 Å². The van der Waals surface area contributed by atoms with E-state index in [0.29, 0.717) is 6.61 Å². The molecule has 0 amide bonds. The highest BCUT2D eigenvalue weighted by molar-refractivity contribution is 5.77. The fourth-order valence-electron chi connectivity index (χ4n) is 2.42. The topological polar surface area (TPSA) is 37.9 Å². The Kier molecular flexibility index (Phi) is 3.42. The molecule has 1 aromatic heterocycles. The van der Waals surface area contributed by atoms with Gasteiger partial charge in [-0.05, 0) is 68.1 Å². The van der Waals surface area contributed by atoms with Crippen LogP contribution in [0.5, 0.6) is 5.75 Å². The molecule has 108 valence electrons. The smallest absolute Gasteiger partial charge is 0.146 e. The highest BCUT2D eigenvalue weighted by atomic mass is 16.5. The molecule has 0 aliphatic heterocycles. The average Bonchev–Trinajstić information content (AvgIpc) is 2.83. The third-order valence-electron chi connectivity index (χ3n) is 4.07. The molecule has 0 fully saturated rings. The van der Waals surface area contributed by atoms with Gasteiger partial charge < -0.3 is 9.72 Å². The van der Waals surface area contributed by atoms with E-state index in [0.717, 1.165) is 22.6 Å². The number of hydrogen-bond donors (Lipinski definition) is 1. The minimum Gasteiger partial charge on any atom is -0.485 e. The SMILES string of the molecule is Cc1cc2nc(COc3cccc(C)c3C)[nH]c2cc1C. The largest absolute Gasteiger partial charge is 0.485 e. The van der Waals surface area contributed by atoms with Crippen LogP contribution in [0.2, 0.25) is 0 Å². The van der Waals surface area contributed by atoms with Crippen molar-refractivity contribution in [3.63, 3.8) is 0 Å². The molecule has 0 aliphatic rings. The first-order valence-electron chi connectivity index (χ1n) is 7.19. The summed E-state index contributed by atoms with van der Waals surface area (Å²) in [5, 5.41) is 0. The molecule has 0 aliphatic carbocycles. The highest BCUT2D eigenvalue weighted by Crippen LogP contribution is 2.22. The number of rotatable bonds is 3. The van der Waals surface area contributed by atoms with E-state index >= 15 is 0 Å². The Bertz CT molecular complexity index is 763. The lowest BCUT2D eigenvalue weighted by Gasteiger charge is -2.09. The van der Waals surface area contributed by atoms with Gasteiger partial charge >= 0.3 is 0 Å². The molecule has 3 rings (SSSR count). The molecule has 3 nitrogen and oxygen atoms in total. The molecule has 0 saturated heterocycles. The number of benzene rings is 2. The Balaban J connectivity index is 1.84. The first-order valence-corrected chi connectivity index (χ1v) is 7.19. The zero-order valence-electron chi connectivity index (χ0n) is 12.9. The summed E-state index contributed by atoms with van der Waals surface area (Å²) in [6, 6.07) is 10.4. The first-order chi connectivity index (χ1) is 10.0. The quantitative estimate of drug-likeness (QED) is 0.773. The summed E-state index contributed by atoms with van der Waals surface area (Å²) in [4.78, 5) is 7.93. The molecule has 0 atom stereocenters. The van der Waals surface area contributed by atoms with E-state index in [2.05, 4.69) is 55.9 Å². The number of aromatic amines is 1. The predicted octanol–water partition coefficient (Wildman–Crippen LogP) is 4.38.